The lowest BCUT2D eigenvalue weighted by Crippen LogP contribution is -2.28. The van der Waals surface area contributed by atoms with Crippen LogP contribution in [0.1, 0.15) is 31.2 Å². The van der Waals surface area contributed by atoms with Crippen molar-refractivity contribution in [3.63, 3.8) is 0 Å². The molecule has 1 aliphatic carbocycles. The number of benzene rings is 3. The molecule has 1 nitrogen and oxygen atoms in total. The first-order chi connectivity index (χ1) is 12.3. The van der Waals surface area contributed by atoms with Crippen LogP contribution in [0.15, 0.2) is 78.9 Å². The van der Waals surface area contributed by atoms with E-state index in [1.54, 1.807) is 0 Å². The molecule has 1 saturated carbocycles. The van der Waals surface area contributed by atoms with E-state index in [0.29, 0.717) is 6.04 Å². The quantitative estimate of drug-likeness (QED) is 0.512. The third-order valence-corrected chi connectivity index (χ3v) is 5.25. The Hall–Kier alpha value is -2.54. The molecular formula is C24H25N. The molecular weight excluding hydrogens is 302 g/mol. The molecule has 0 heterocycles. The van der Waals surface area contributed by atoms with Gasteiger partial charge in [-0.15, -0.1) is 0 Å². The lowest BCUT2D eigenvalue weighted by Gasteiger charge is -2.31. The van der Waals surface area contributed by atoms with Crippen molar-refractivity contribution in [2.24, 2.45) is 0 Å². The second-order valence-electron chi connectivity index (χ2n) is 7.06. The lowest BCUT2D eigenvalue weighted by atomic mass is 10.0. The van der Waals surface area contributed by atoms with Gasteiger partial charge in [0.1, 0.15) is 0 Å². The highest BCUT2D eigenvalue weighted by molar-refractivity contribution is 5.70. The summed E-state index contributed by atoms with van der Waals surface area (Å²) >= 11 is 0. The Morgan fingerprint density at radius 2 is 1.16 bits per heavy atom. The molecule has 3 aromatic carbocycles. The van der Waals surface area contributed by atoms with E-state index in [-0.39, 0.29) is 0 Å². The molecule has 0 atom stereocenters. The maximum atomic E-state index is 2.54. The number of rotatable bonds is 4. The van der Waals surface area contributed by atoms with Crippen molar-refractivity contribution in [3.8, 4) is 11.1 Å². The van der Waals surface area contributed by atoms with Gasteiger partial charge in [-0.05, 0) is 55.2 Å². The summed E-state index contributed by atoms with van der Waals surface area (Å²) in [6.07, 6.45) is 5.26. The highest BCUT2D eigenvalue weighted by atomic mass is 15.2. The molecule has 0 N–H and O–H groups in total. The van der Waals surface area contributed by atoms with Crippen molar-refractivity contribution in [1.82, 2.24) is 0 Å². The van der Waals surface area contributed by atoms with Gasteiger partial charge in [0.05, 0.1) is 0 Å². The predicted octanol–water partition coefficient (Wildman–Crippen LogP) is 6.74. The number of hydrogen-bond donors (Lipinski definition) is 0. The smallest absolute Gasteiger partial charge is 0.0413 e. The number of nitrogens with zero attached hydrogens (tertiary/aromatic N) is 1. The Labute approximate surface area is 150 Å². The van der Waals surface area contributed by atoms with Gasteiger partial charge in [-0.2, -0.15) is 0 Å². The van der Waals surface area contributed by atoms with Crippen molar-refractivity contribution in [1.29, 1.82) is 0 Å². The molecule has 0 bridgehead atoms. The van der Waals surface area contributed by atoms with Crippen LogP contribution in [0.2, 0.25) is 0 Å². The monoisotopic (exact) mass is 327 g/mol. The van der Waals surface area contributed by atoms with Gasteiger partial charge in [0.25, 0.3) is 0 Å². The summed E-state index contributed by atoms with van der Waals surface area (Å²) in [5.74, 6) is 0. The Bertz CT molecular complexity index is 797. The van der Waals surface area contributed by atoms with Gasteiger partial charge in [-0.3, -0.25) is 0 Å². The third-order valence-electron chi connectivity index (χ3n) is 5.25. The van der Waals surface area contributed by atoms with E-state index in [9.17, 15) is 0 Å². The van der Waals surface area contributed by atoms with Crippen LogP contribution in [0.25, 0.3) is 11.1 Å². The molecule has 0 aromatic heterocycles. The molecule has 126 valence electrons. The summed E-state index contributed by atoms with van der Waals surface area (Å²) < 4.78 is 0. The third kappa shape index (κ3) is 3.46. The predicted molar refractivity (Wildman–Crippen MR) is 107 cm³/mol. The standard InChI is InChI=1S/C24H25N/c1-19-11-15-23(16-12-19)25(22-9-5-6-10-22)24-17-13-21(14-18-24)20-7-3-2-4-8-20/h2-4,7-8,11-18,22H,5-6,9-10H2,1H3. The average Bonchev–Trinajstić information content (AvgIpc) is 3.19. The van der Waals surface area contributed by atoms with Gasteiger partial charge in [0, 0.05) is 17.4 Å². The second kappa shape index (κ2) is 7.14. The fraction of sp³-hybridized carbons (Fsp3) is 0.250. The number of anilines is 2. The topological polar surface area (TPSA) is 3.24 Å². The van der Waals surface area contributed by atoms with Crippen LogP contribution in [0, 0.1) is 6.92 Å². The molecule has 1 aliphatic rings. The van der Waals surface area contributed by atoms with Crippen LogP contribution >= 0.6 is 0 Å². The zero-order valence-corrected chi connectivity index (χ0v) is 14.9. The minimum absolute atomic E-state index is 0.616. The molecule has 3 aromatic rings. The van der Waals surface area contributed by atoms with E-state index < -0.39 is 0 Å². The van der Waals surface area contributed by atoms with Crippen LogP contribution in [0.5, 0.6) is 0 Å². The van der Waals surface area contributed by atoms with Crippen molar-refractivity contribution >= 4 is 11.4 Å². The maximum absolute atomic E-state index is 2.54. The summed E-state index contributed by atoms with van der Waals surface area (Å²) in [4.78, 5) is 2.54. The second-order valence-corrected chi connectivity index (χ2v) is 7.06. The minimum Gasteiger partial charge on any atom is -0.338 e. The molecule has 1 fully saturated rings. The summed E-state index contributed by atoms with van der Waals surface area (Å²) in [6, 6.07) is 29.2. The largest absolute Gasteiger partial charge is 0.338 e. The van der Waals surface area contributed by atoms with Crippen molar-refractivity contribution < 1.29 is 0 Å². The Morgan fingerprint density at radius 1 is 0.640 bits per heavy atom. The molecule has 0 amide bonds. The van der Waals surface area contributed by atoms with E-state index in [0.717, 1.165) is 0 Å². The van der Waals surface area contributed by atoms with Crippen molar-refractivity contribution in [2.75, 3.05) is 4.90 Å². The van der Waals surface area contributed by atoms with Crippen LogP contribution < -0.4 is 4.90 Å². The minimum atomic E-state index is 0.616. The van der Waals surface area contributed by atoms with Gasteiger partial charge >= 0.3 is 0 Å². The van der Waals surface area contributed by atoms with Crippen LogP contribution in [0.3, 0.4) is 0 Å². The Kier molecular flexibility index (Phi) is 4.56. The summed E-state index contributed by atoms with van der Waals surface area (Å²) in [5, 5.41) is 0. The van der Waals surface area contributed by atoms with E-state index >= 15 is 0 Å². The molecule has 25 heavy (non-hydrogen) atoms. The first-order valence-electron chi connectivity index (χ1n) is 9.33. The first kappa shape index (κ1) is 16.0. The normalized spacial score (nSPS) is 14.6. The van der Waals surface area contributed by atoms with E-state index in [1.165, 1.54) is 53.7 Å². The maximum Gasteiger partial charge on any atom is 0.0413 e. The summed E-state index contributed by atoms with van der Waals surface area (Å²) in [7, 11) is 0. The SMILES string of the molecule is Cc1ccc(N(c2ccc(-c3ccccc3)cc2)C2CCCC2)cc1. The summed E-state index contributed by atoms with van der Waals surface area (Å²) in [5.41, 5.74) is 6.48. The Balaban J connectivity index is 1.68. The fourth-order valence-corrected chi connectivity index (χ4v) is 3.88. The number of aryl methyl sites for hydroxylation is 1. The molecule has 0 radical (unpaired) electrons. The van der Waals surface area contributed by atoms with Crippen molar-refractivity contribution in [2.45, 2.75) is 38.6 Å². The first-order valence-corrected chi connectivity index (χ1v) is 9.33. The van der Waals surface area contributed by atoms with Gasteiger partial charge < -0.3 is 4.90 Å². The fourth-order valence-electron chi connectivity index (χ4n) is 3.88. The average molecular weight is 327 g/mol. The van der Waals surface area contributed by atoms with Gasteiger partial charge in [0.2, 0.25) is 0 Å². The molecule has 0 saturated heterocycles. The van der Waals surface area contributed by atoms with Gasteiger partial charge in [-0.1, -0.05) is 73.0 Å². The van der Waals surface area contributed by atoms with Crippen LogP contribution in [0.4, 0.5) is 11.4 Å². The lowest BCUT2D eigenvalue weighted by molar-refractivity contribution is 0.677. The van der Waals surface area contributed by atoms with Gasteiger partial charge in [-0.25, -0.2) is 0 Å². The summed E-state index contributed by atoms with van der Waals surface area (Å²) in [6.45, 7) is 2.15. The highest BCUT2D eigenvalue weighted by Gasteiger charge is 2.24. The van der Waals surface area contributed by atoms with Crippen LogP contribution in [-0.2, 0) is 0 Å². The molecule has 0 aliphatic heterocycles. The molecule has 0 spiro atoms. The van der Waals surface area contributed by atoms with Crippen molar-refractivity contribution in [3.05, 3.63) is 84.4 Å². The molecule has 0 unspecified atom stereocenters. The van der Waals surface area contributed by atoms with E-state index in [1.807, 2.05) is 0 Å². The molecule has 4 rings (SSSR count). The zero-order valence-electron chi connectivity index (χ0n) is 14.9. The van der Waals surface area contributed by atoms with Crippen LogP contribution in [-0.4, -0.2) is 6.04 Å². The zero-order chi connectivity index (χ0) is 17.1. The Morgan fingerprint density at radius 3 is 1.76 bits per heavy atom. The van der Waals surface area contributed by atoms with Gasteiger partial charge in [0.15, 0.2) is 0 Å². The van der Waals surface area contributed by atoms with E-state index in [4.69, 9.17) is 0 Å². The highest BCUT2D eigenvalue weighted by Crippen LogP contribution is 2.36. The van der Waals surface area contributed by atoms with E-state index in [2.05, 4.69) is 90.7 Å². The molecule has 1 heteroatoms. The number of hydrogen-bond acceptors (Lipinski definition) is 1.